The first-order valence-electron chi connectivity index (χ1n) is 11.9. The summed E-state index contributed by atoms with van der Waals surface area (Å²) in [7, 11) is 1.87. The molecule has 2 aliphatic rings. The van der Waals surface area contributed by atoms with Gasteiger partial charge in [0.15, 0.2) is 0 Å². The van der Waals surface area contributed by atoms with Gasteiger partial charge in [-0.15, -0.1) is 0 Å². The molecule has 2 amide bonds. The molecule has 9 heteroatoms. The first-order valence-corrected chi connectivity index (χ1v) is 11.9. The fourth-order valence-electron chi connectivity index (χ4n) is 4.26. The van der Waals surface area contributed by atoms with Crippen LogP contribution >= 0.6 is 0 Å². The van der Waals surface area contributed by atoms with Crippen LogP contribution in [0.15, 0.2) is 18.2 Å². The van der Waals surface area contributed by atoms with Crippen LogP contribution in [0.25, 0.3) is 0 Å². The van der Waals surface area contributed by atoms with Crippen LogP contribution < -0.4 is 15.4 Å². The lowest BCUT2D eigenvalue weighted by Crippen LogP contribution is -2.47. The summed E-state index contributed by atoms with van der Waals surface area (Å²) in [6, 6.07) is 5.21. The number of hydrogen-bond acceptors (Lipinski definition) is 7. The lowest BCUT2D eigenvalue weighted by molar-refractivity contribution is -0.134. The van der Waals surface area contributed by atoms with Crippen molar-refractivity contribution in [3.8, 4) is 5.75 Å². The SMILES string of the molecule is CNC[C@@H]1Oc2ccc(NC(=O)CCN3CCOCC3)cc2CC(=O)N([C@@H](C)CO)C[C@@H]1C. The second-order valence-electron chi connectivity index (χ2n) is 9.02. The maximum Gasteiger partial charge on any atom is 0.227 e. The number of carbonyl (C=O) groups excluding carboxylic acids is 2. The van der Waals surface area contributed by atoms with E-state index in [2.05, 4.69) is 22.5 Å². The molecule has 3 atom stereocenters. The van der Waals surface area contributed by atoms with Gasteiger partial charge >= 0.3 is 0 Å². The van der Waals surface area contributed by atoms with E-state index >= 15 is 0 Å². The Bertz CT molecular complexity index is 799. The van der Waals surface area contributed by atoms with Crippen molar-refractivity contribution in [3.63, 3.8) is 0 Å². The Morgan fingerprint density at radius 2 is 2.06 bits per heavy atom. The van der Waals surface area contributed by atoms with Crippen molar-refractivity contribution >= 4 is 17.5 Å². The highest BCUT2D eigenvalue weighted by Crippen LogP contribution is 2.29. The van der Waals surface area contributed by atoms with Gasteiger partial charge < -0.3 is 30.1 Å². The number of nitrogens with one attached hydrogen (secondary N) is 2. The normalized spacial score (nSPS) is 23.0. The van der Waals surface area contributed by atoms with Gasteiger partial charge in [0.2, 0.25) is 11.8 Å². The third-order valence-corrected chi connectivity index (χ3v) is 6.36. The topological polar surface area (TPSA) is 103 Å². The number of ether oxygens (including phenoxy) is 2. The molecule has 0 aromatic heterocycles. The minimum Gasteiger partial charge on any atom is -0.488 e. The number of nitrogens with zero attached hydrogens (tertiary/aromatic N) is 2. The quantitative estimate of drug-likeness (QED) is 0.523. The minimum atomic E-state index is -0.278. The van der Waals surface area contributed by atoms with E-state index in [-0.39, 0.29) is 42.9 Å². The molecule has 0 radical (unpaired) electrons. The molecule has 1 aromatic rings. The molecule has 0 unspecified atom stereocenters. The number of morpholine rings is 1. The number of amides is 2. The standard InChI is InChI=1S/C24H38N4O5/c1-17-15-28(18(2)16-29)24(31)13-19-12-20(4-5-21(19)33-22(17)14-25-3)26-23(30)6-7-27-8-10-32-11-9-27/h4-5,12,17-18,22,25,29H,6-11,13-16H2,1-3H3,(H,26,30)/t17-,18-,22-/m0/s1. The van der Waals surface area contributed by atoms with E-state index in [0.29, 0.717) is 50.7 Å². The highest BCUT2D eigenvalue weighted by molar-refractivity contribution is 5.91. The van der Waals surface area contributed by atoms with Crippen LogP contribution in [-0.2, 0) is 20.7 Å². The molecule has 3 rings (SSSR count). The van der Waals surface area contributed by atoms with Crippen molar-refractivity contribution in [2.45, 2.75) is 38.8 Å². The smallest absolute Gasteiger partial charge is 0.227 e. The van der Waals surface area contributed by atoms with Gasteiger partial charge in [0, 0.05) is 56.3 Å². The van der Waals surface area contributed by atoms with E-state index in [0.717, 1.165) is 18.7 Å². The lowest BCUT2D eigenvalue weighted by atomic mass is 10.0. The molecule has 2 aliphatic heterocycles. The summed E-state index contributed by atoms with van der Waals surface area (Å²) in [5, 5.41) is 15.8. The number of carbonyl (C=O) groups is 2. The van der Waals surface area contributed by atoms with Crippen LogP contribution in [0.2, 0.25) is 0 Å². The van der Waals surface area contributed by atoms with E-state index in [1.807, 2.05) is 32.2 Å². The first-order chi connectivity index (χ1) is 15.9. The average molecular weight is 463 g/mol. The number of hydrogen-bond donors (Lipinski definition) is 3. The molecule has 1 aromatic carbocycles. The Kier molecular flexibility index (Phi) is 9.49. The van der Waals surface area contributed by atoms with Crippen molar-refractivity contribution in [2.24, 2.45) is 5.92 Å². The summed E-state index contributed by atoms with van der Waals surface area (Å²) in [6.07, 6.45) is 0.411. The van der Waals surface area contributed by atoms with E-state index in [1.54, 1.807) is 4.90 Å². The van der Waals surface area contributed by atoms with Crippen LogP contribution in [0.4, 0.5) is 5.69 Å². The first kappa shape index (κ1) is 25.4. The van der Waals surface area contributed by atoms with Gasteiger partial charge in [0.1, 0.15) is 11.9 Å². The summed E-state index contributed by atoms with van der Waals surface area (Å²) in [4.78, 5) is 29.6. The number of benzene rings is 1. The van der Waals surface area contributed by atoms with Gasteiger partial charge in [-0.05, 0) is 32.2 Å². The second-order valence-corrected chi connectivity index (χ2v) is 9.02. The molecule has 9 nitrogen and oxygen atoms in total. The van der Waals surface area contributed by atoms with Gasteiger partial charge in [0.05, 0.1) is 32.3 Å². The van der Waals surface area contributed by atoms with Gasteiger partial charge in [-0.1, -0.05) is 6.92 Å². The van der Waals surface area contributed by atoms with Crippen LogP contribution in [0, 0.1) is 5.92 Å². The van der Waals surface area contributed by atoms with Gasteiger partial charge in [-0.25, -0.2) is 0 Å². The molecule has 0 bridgehead atoms. The molecule has 1 fully saturated rings. The average Bonchev–Trinajstić information content (AvgIpc) is 2.86. The summed E-state index contributed by atoms with van der Waals surface area (Å²) >= 11 is 0. The van der Waals surface area contributed by atoms with Crippen LogP contribution in [0.5, 0.6) is 5.75 Å². The van der Waals surface area contributed by atoms with Crippen LogP contribution in [0.3, 0.4) is 0 Å². The molecule has 0 aliphatic carbocycles. The second kappa shape index (κ2) is 12.3. The molecular formula is C24H38N4O5. The molecular weight excluding hydrogens is 424 g/mol. The predicted molar refractivity (Wildman–Crippen MR) is 126 cm³/mol. The zero-order chi connectivity index (χ0) is 23.8. The third kappa shape index (κ3) is 7.14. The zero-order valence-corrected chi connectivity index (χ0v) is 20.0. The number of rotatable bonds is 8. The monoisotopic (exact) mass is 462 g/mol. The highest BCUT2D eigenvalue weighted by atomic mass is 16.5. The Balaban J connectivity index is 1.74. The highest BCUT2D eigenvalue weighted by Gasteiger charge is 2.30. The van der Waals surface area contributed by atoms with Crippen molar-refractivity contribution in [1.29, 1.82) is 0 Å². The Hall–Kier alpha value is -2.20. The summed E-state index contributed by atoms with van der Waals surface area (Å²) < 4.78 is 11.7. The maximum absolute atomic E-state index is 13.1. The number of aliphatic hydroxyl groups is 1. The third-order valence-electron chi connectivity index (χ3n) is 6.36. The fraction of sp³-hybridized carbons (Fsp3) is 0.667. The van der Waals surface area contributed by atoms with Crippen molar-refractivity contribution in [1.82, 2.24) is 15.1 Å². The molecule has 184 valence electrons. The Labute approximate surface area is 196 Å². The molecule has 3 N–H and O–H groups in total. The van der Waals surface area contributed by atoms with E-state index in [4.69, 9.17) is 9.47 Å². The summed E-state index contributed by atoms with van der Waals surface area (Å²) in [5.74, 6) is 0.601. The number of fused-ring (bicyclic) bond motifs is 1. The fourth-order valence-corrected chi connectivity index (χ4v) is 4.26. The minimum absolute atomic E-state index is 0.0610. The molecule has 1 saturated heterocycles. The summed E-state index contributed by atoms with van der Waals surface area (Å²) in [6.45, 7) is 8.76. The molecule has 33 heavy (non-hydrogen) atoms. The van der Waals surface area contributed by atoms with Gasteiger partial charge in [-0.2, -0.15) is 0 Å². The van der Waals surface area contributed by atoms with Crippen molar-refractivity contribution in [3.05, 3.63) is 23.8 Å². The molecule has 2 heterocycles. The lowest BCUT2D eigenvalue weighted by Gasteiger charge is -2.32. The van der Waals surface area contributed by atoms with Crippen molar-refractivity contribution in [2.75, 3.05) is 64.9 Å². The van der Waals surface area contributed by atoms with E-state index < -0.39 is 0 Å². The van der Waals surface area contributed by atoms with Gasteiger partial charge in [0.25, 0.3) is 0 Å². The predicted octanol–water partition coefficient (Wildman–Crippen LogP) is 0.716. The van der Waals surface area contributed by atoms with Crippen LogP contribution in [0.1, 0.15) is 25.8 Å². The zero-order valence-electron chi connectivity index (χ0n) is 20.0. The Morgan fingerprint density at radius 1 is 1.30 bits per heavy atom. The van der Waals surface area contributed by atoms with E-state index in [1.165, 1.54) is 0 Å². The summed E-state index contributed by atoms with van der Waals surface area (Å²) in [5.41, 5.74) is 1.38. The largest absolute Gasteiger partial charge is 0.488 e. The van der Waals surface area contributed by atoms with Crippen LogP contribution in [-0.4, -0.2) is 98.5 Å². The van der Waals surface area contributed by atoms with Gasteiger partial charge in [-0.3, -0.25) is 14.5 Å². The molecule has 0 spiro atoms. The number of anilines is 1. The van der Waals surface area contributed by atoms with E-state index in [9.17, 15) is 14.7 Å². The van der Waals surface area contributed by atoms with Crippen molar-refractivity contribution < 1.29 is 24.2 Å². The number of aliphatic hydroxyl groups excluding tert-OH is 1. The Morgan fingerprint density at radius 3 is 2.76 bits per heavy atom. The number of likely N-dealkylation sites (N-methyl/N-ethyl adjacent to an activating group) is 1. The molecule has 0 saturated carbocycles. The maximum atomic E-state index is 13.1.